The lowest BCUT2D eigenvalue weighted by Crippen LogP contribution is -2.30. The van der Waals surface area contributed by atoms with E-state index in [2.05, 4.69) is 9.98 Å². The third-order valence-electron chi connectivity index (χ3n) is 5.32. The summed E-state index contributed by atoms with van der Waals surface area (Å²) in [5.41, 5.74) is -1.34. The number of hydrogen-bond acceptors (Lipinski definition) is 5. The number of benzene rings is 3. The molecule has 4 rings (SSSR count). The lowest BCUT2D eigenvalue weighted by molar-refractivity contribution is -0.137. The van der Waals surface area contributed by atoms with Crippen LogP contribution in [0.2, 0.25) is 5.02 Å². The van der Waals surface area contributed by atoms with Gasteiger partial charge in [-0.3, -0.25) is 4.98 Å². The molecule has 0 amide bonds. The molecule has 0 saturated heterocycles. The van der Waals surface area contributed by atoms with Crippen LogP contribution in [0.4, 0.5) is 37.7 Å². The topological polar surface area (TPSA) is 65.0 Å². The lowest BCUT2D eigenvalue weighted by Gasteiger charge is -2.15. The van der Waals surface area contributed by atoms with Crippen molar-refractivity contribution >= 4 is 39.7 Å². The summed E-state index contributed by atoms with van der Waals surface area (Å²) in [6.45, 7) is 0. The number of alkyl halides is 6. The second-order valence-electron chi connectivity index (χ2n) is 7.90. The van der Waals surface area contributed by atoms with E-state index in [-0.39, 0.29) is 11.4 Å². The zero-order chi connectivity index (χ0) is 28.4. The standard InChI is InChI=1S/C26H18ClF6N3O3/c1-37-22-12-17-20(13-23(22)38-2)34-10-9-21(17)39-16-6-3-14(4-7-16)35-24(26(31,32)33)36-15-5-8-19(27)18(11-15)25(28,29)30/h3-13H,1-2H3,(H,35,36). The summed E-state index contributed by atoms with van der Waals surface area (Å²) in [6, 6.07) is 12.6. The number of hydrogen-bond donors (Lipinski definition) is 1. The van der Waals surface area contributed by atoms with Crippen molar-refractivity contribution in [3.8, 4) is 23.0 Å². The summed E-state index contributed by atoms with van der Waals surface area (Å²) in [7, 11) is 2.97. The largest absolute Gasteiger partial charge is 0.493 e. The number of aromatic nitrogens is 1. The maximum absolute atomic E-state index is 13.6. The van der Waals surface area contributed by atoms with Gasteiger partial charge < -0.3 is 19.5 Å². The highest BCUT2D eigenvalue weighted by atomic mass is 35.5. The molecular formula is C26H18ClF6N3O3. The first-order chi connectivity index (χ1) is 18.4. The van der Waals surface area contributed by atoms with E-state index < -0.39 is 34.5 Å². The van der Waals surface area contributed by atoms with Crippen LogP contribution in [-0.2, 0) is 6.18 Å². The zero-order valence-corrected chi connectivity index (χ0v) is 20.9. The number of aliphatic imine (C=N–C) groups is 1. The van der Waals surface area contributed by atoms with E-state index in [1.54, 1.807) is 18.2 Å². The van der Waals surface area contributed by atoms with Crippen LogP contribution < -0.4 is 19.5 Å². The van der Waals surface area contributed by atoms with E-state index in [1.807, 2.05) is 5.32 Å². The maximum atomic E-state index is 13.6. The third-order valence-corrected chi connectivity index (χ3v) is 5.64. The van der Waals surface area contributed by atoms with Crippen LogP contribution in [0.25, 0.3) is 10.9 Å². The predicted octanol–water partition coefficient (Wildman–Crippen LogP) is 8.42. The van der Waals surface area contributed by atoms with Gasteiger partial charge in [-0.25, -0.2) is 4.99 Å². The third kappa shape index (κ3) is 6.45. The summed E-state index contributed by atoms with van der Waals surface area (Å²) < 4.78 is 96.8. The molecular weight excluding hydrogens is 552 g/mol. The van der Waals surface area contributed by atoms with Gasteiger partial charge in [0.25, 0.3) is 0 Å². The number of halogens is 7. The minimum absolute atomic E-state index is 0.127. The van der Waals surface area contributed by atoms with E-state index in [0.29, 0.717) is 34.2 Å². The number of nitrogens with one attached hydrogen (secondary N) is 1. The first-order valence-corrected chi connectivity index (χ1v) is 11.3. The Morgan fingerprint density at radius 3 is 2.13 bits per heavy atom. The summed E-state index contributed by atoms with van der Waals surface area (Å²) >= 11 is 5.54. The fraction of sp³-hybridized carbons (Fsp3) is 0.154. The molecule has 0 unspecified atom stereocenters. The molecule has 1 aromatic heterocycles. The Kier molecular flexibility index (Phi) is 7.77. The fourth-order valence-corrected chi connectivity index (χ4v) is 3.73. The highest BCUT2D eigenvalue weighted by Crippen LogP contribution is 2.38. The molecule has 13 heteroatoms. The van der Waals surface area contributed by atoms with Crippen LogP contribution in [0.3, 0.4) is 0 Å². The molecule has 0 radical (unpaired) electrons. The molecule has 0 bridgehead atoms. The quantitative estimate of drug-likeness (QED) is 0.143. The summed E-state index contributed by atoms with van der Waals surface area (Å²) in [5, 5.41) is 1.86. The van der Waals surface area contributed by atoms with Gasteiger partial charge in [0.2, 0.25) is 5.84 Å². The van der Waals surface area contributed by atoms with Gasteiger partial charge in [0, 0.05) is 23.3 Å². The Bertz CT molecular complexity index is 1520. The molecule has 204 valence electrons. The Hall–Kier alpha value is -4.19. The SMILES string of the molecule is COc1cc2nccc(Oc3ccc(N=C(Nc4ccc(Cl)c(C(F)(F)F)c4)C(F)(F)F)cc3)c2cc1OC. The lowest BCUT2D eigenvalue weighted by atomic mass is 10.2. The minimum atomic E-state index is -5.00. The average molecular weight is 570 g/mol. The van der Waals surface area contributed by atoms with E-state index in [4.69, 9.17) is 25.8 Å². The first-order valence-electron chi connectivity index (χ1n) is 11.0. The fourth-order valence-electron chi connectivity index (χ4n) is 3.50. The van der Waals surface area contributed by atoms with Gasteiger partial charge in [-0.05, 0) is 54.6 Å². The van der Waals surface area contributed by atoms with Gasteiger partial charge in [-0.2, -0.15) is 26.3 Å². The van der Waals surface area contributed by atoms with E-state index in [9.17, 15) is 26.3 Å². The Morgan fingerprint density at radius 2 is 1.51 bits per heavy atom. The number of ether oxygens (including phenoxy) is 3. The van der Waals surface area contributed by atoms with Gasteiger partial charge in [0.05, 0.1) is 36.0 Å². The second-order valence-corrected chi connectivity index (χ2v) is 8.31. The molecule has 1 heterocycles. The summed E-state index contributed by atoms with van der Waals surface area (Å²) in [6.07, 6.45) is -8.33. The van der Waals surface area contributed by atoms with Gasteiger partial charge in [-0.15, -0.1) is 0 Å². The Labute approximate surface area is 222 Å². The molecule has 0 aliphatic rings. The highest BCUT2D eigenvalue weighted by Gasteiger charge is 2.37. The number of rotatable bonds is 6. The van der Waals surface area contributed by atoms with Crippen molar-refractivity contribution in [1.82, 2.24) is 4.98 Å². The molecule has 0 atom stereocenters. The smallest absolute Gasteiger partial charge is 0.449 e. The van der Waals surface area contributed by atoms with Crippen LogP contribution in [0.5, 0.6) is 23.0 Å². The normalized spacial score (nSPS) is 12.4. The summed E-state index contributed by atoms with van der Waals surface area (Å²) in [5.74, 6) is 0.0815. The minimum Gasteiger partial charge on any atom is -0.493 e. The van der Waals surface area contributed by atoms with Gasteiger partial charge in [0.15, 0.2) is 11.5 Å². The van der Waals surface area contributed by atoms with Gasteiger partial charge >= 0.3 is 12.4 Å². The van der Waals surface area contributed by atoms with E-state index in [1.165, 1.54) is 44.7 Å². The summed E-state index contributed by atoms with van der Waals surface area (Å²) in [4.78, 5) is 7.83. The predicted molar refractivity (Wildman–Crippen MR) is 135 cm³/mol. The van der Waals surface area contributed by atoms with Crippen molar-refractivity contribution in [3.63, 3.8) is 0 Å². The van der Waals surface area contributed by atoms with Crippen molar-refractivity contribution < 1.29 is 40.6 Å². The molecule has 3 aromatic carbocycles. The van der Waals surface area contributed by atoms with Crippen LogP contribution in [0.15, 0.2) is 71.9 Å². The highest BCUT2D eigenvalue weighted by molar-refractivity contribution is 6.31. The van der Waals surface area contributed by atoms with Crippen LogP contribution in [0.1, 0.15) is 5.56 Å². The Balaban J connectivity index is 1.60. The molecule has 0 aliphatic carbocycles. The molecule has 0 aliphatic heterocycles. The monoisotopic (exact) mass is 569 g/mol. The number of anilines is 1. The van der Waals surface area contributed by atoms with Gasteiger partial charge in [0.1, 0.15) is 11.5 Å². The molecule has 0 saturated carbocycles. The second kappa shape index (κ2) is 10.9. The molecule has 0 spiro atoms. The van der Waals surface area contributed by atoms with E-state index in [0.717, 1.165) is 12.1 Å². The van der Waals surface area contributed by atoms with E-state index >= 15 is 0 Å². The number of methoxy groups -OCH3 is 2. The number of amidine groups is 1. The molecule has 4 aromatic rings. The zero-order valence-electron chi connectivity index (χ0n) is 20.1. The first kappa shape index (κ1) is 27.8. The van der Waals surface area contributed by atoms with Crippen molar-refractivity contribution in [2.75, 3.05) is 19.5 Å². The van der Waals surface area contributed by atoms with Crippen molar-refractivity contribution in [2.45, 2.75) is 12.4 Å². The maximum Gasteiger partial charge on any atom is 0.449 e. The van der Waals surface area contributed by atoms with Gasteiger partial charge in [-0.1, -0.05) is 11.6 Å². The molecule has 1 N–H and O–H groups in total. The number of nitrogens with zero attached hydrogens (tertiary/aromatic N) is 2. The molecule has 6 nitrogen and oxygen atoms in total. The Morgan fingerprint density at radius 1 is 0.846 bits per heavy atom. The van der Waals surface area contributed by atoms with Crippen LogP contribution in [0, 0.1) is 0 Å². The van der Waals surface area contributed by atoms with Crippen molar-refractivity contribution in [1.29, 1.82) is 0 Å². The van der Waals surface area contributed by atoms with Crippen molar-refractivity contribution in [2.24, 2.45) is 4.99 Å². The van der Waals surface area contributed by atoms with Crippen LogP contribution >= 0.6 is 11.6 Å². The van der Waals surface area contributed by atoms with Crippen molar-refractivity contribution in [3.05, 3.63) is 77.4 Å². The average Bonchev–Trinajstić information content (AvgIpc) is 2.88. The van der Waals surface area contributed by atoms with Crippen LogP contribution in [-0.4, -0.2) is 31.2 Å². The number of fused-ring (bicyclic) bond motifs is 1. The number of pyridine rings is 1. The molecule has 39 heavy (non-hydrogen) atoms. The molecule has 0 fully saturated rings.